The molecule has 0 spiro atoms. The number of rotatable bonds is 5. The molecule has 2 rings (SSSR count). The van der Waals surface area contributed by atoms with E-state index in [4.69, 9.17) is 16.3 Å². The standard InChI is InChI=1S/C19H17ClN2O3S/c1-11(2)25-19(24)17-12(3)15(10-21)18(26-17)22-16(23)8-7-13-5-4-6-14(20)9-13/h4-9,11H,1-3H3,(H,22,23)/b8-7+. The van der Waals surface area contributed by atoms with Crippen molar-refractivity contribution in [2.45, 2.75) is 26.9 Å². The number of nitriles is 1. The normalized spacial score (nSPS) is 10.8. The molecule has 0 atom stereocenters. The van der Waals surface area contributed by atoms with Gasteiger partial charge in [-0.3, -0.25) is 4.79 Å². The predicted octanol–water partition coefficient (Wildman–Crippen LogP) is 4.80. The lowest BCUT2D eigenvalue weighted by molar-refractivity contribution is -0.111. The molecule has 0 aliphatic carbocycles. The predicted molar refractivity (Wildman–Crippen MR) is 103 cm³/mol. The second-order valence-electron chi connectivity index (χ2n) is 5.70. The lowest BCUT2D eigenvalue weighted by Gasteiger charge is -2.06. The first-order valence-corrected chi connectivity index (χ1v) is 9.00. The molecule has 0 radical (unpaired) electrons. The highest BCUT2D eigenvalue weighted by Crippen LogP contribution is 2.33. The zero-order valence-corrected chi connectivity index (χ0v) is 16.1. The fourth-order valence-corrected chi connectivity index (χ4v) is 3.38. The minimum Gasteiger partial charge on any atom is -0.459 e. The van der Waals surface area contributed by atoms with E-state index in [2.05, 4.69) is 5.32 Å². The molecular weight excluding hydrogens is 372 g/mol. The van der Waals surface area contributed by atoms with Crippen molar-refractivity contribution in [2.75, 3.05) is 5.32 Å². The van der Waals surface area contributed by atoms with Crippen LogP contribution in [0.5, 0.6) is 0 Å². The molecule has 1 amide bonds. The second kappa shape index (κ2) is 8.65. The third-order valence-electron chi connectivity index (χ3n) is 3.30. The molecule has 5 nitrogen and oxygen atoms in total. The largest absolute Gasteiger partial charge is 0.459 e. The number of ether oxygens (including phenoxy) is 1. The fraction of sp³-hybridized carbons (Fsp3) is 0.211. The van der Waals surface area contributed by atoms with Gasteiger partial charge in [0, 0.05) is 11.1 Å². The number of carbonyl (C=O) groups is 2. The Hall–Kier alpha value is -2.62. The van der Waals surface area contributed by atoms with Crippen LogP contribution in [0.25, 0.3) is 6.08 Å². The summed E-state index contributed by atoms with van der Waals surface area (Å²) in [6.07, 6.45) is 2.68. The van der Waals surface area contributed by atoms with Crippen molar-refractivity contribution in [3.8, 4) is 6.07 Å². The molecular formula is C19H17ClN2O3S. The van der Waals surface area contributed by atoms with Gasteiger partial charge in [0.25, 0.3) is 0 Å². The quantitative estimate of drug-likeness (QED) is 0.589. The van der Waals surface area contributed by atoms with Gasteiger partial charge in [0.05, 0.1) is 11.7 Å². The minimum atomic E-state index is -0.506. The average Bonchev–Trinajstić information content (AvgIpc) is 2.88. The Morgan fingerprint density at radius 3 is 2.73 bits per heavy atom. The first-order chi connectivity index (χ1) is 12.3. The molecule has 26 heavy (non-hydrogen) atoms. The van der Waals surface area contributed by atoms with Crippen LogP contribution < -0.4 is 5.32 Å². The smallest absolute Gasteiger partial charge is 0.348 e. The monoisotopic (exact) mass is 388 g/mol. The summed E-state index contributed by atoms with van der Waals surface area (Å²) in [6, 6.07) is 9.08. The Bertz CT molecular complexity index is 910. The second-order valence-corrected chi connectivity index (χ2v) is 7.16. The third-order valence-corrected chi connectivity index (χ3v) is 4.72. The number of benzene rings is 1. The van der Waals surface area contributed by atoms with Gasteiger partial charge in [-0.05, 0) is 50.1 Å². The fourth-order valence-electron chi connectivity index (χ4n) is 2.13. The average molecular weight is 389 g/mol. The number of carbonyl (C=O) groups excluding carboxylic acids is 2. The van der Waals surface area contributed by atoms with E-state index in [1.165, 1.54) is 6.08 Å². The van der Waals surface area contributed by atoms with Gasteiger partial charge >= 0.3 is 5.97 Å². The van der Waals surface area contributed by atoms with Crippen LogP contribution in [0.1, 0.15) is 40.2 Å². The maximum Gasteiger partial charge on any atom is 0.348 e. The van der Waals surface area contributed by atoms with Crippen molar-refractivity contribution in [1.29, 1.82) is 5.26 Å². The summed E-state index contributed by atoms with van der Waals surface area (Å²) in [4.78, 5) is 24.6. The number of nitrogens with one attached hydrogen (secondary N) is 1. The van der Waals surface area contributed by atoms with E-state index in [9.17, 15) is 14.9 Å². The van der Waals surface area contributed by atoms with Gasteiger partial charge < -0.3 is 10.1 Å². The SMILES string of the molecule is Cc1c(C(=O)OC(C)C)sc(NC(=O)/C=C/c2cccc(Cl)c2)c1C#N. The highest BCUT2D eigenvalue weighted by Gasteiger charge is 2.22. The minimum absolute atomic E-state index is 0.259. The summed E-state index contributed by atoms with van der Waals surface area (Å²) >= 11 is 6.93. The number of thiophene rings is 1. The van der Waals surface area contributed by atoms with Crippen LogP contribution in [0.2, 0.25) is 5.02 Å². The van der Waals surface area contributed by atoms with Crippen LogP contribution in [0.15, 0.2) is 30.3 Å². The van der Waals surface area contributed by atoms with E-state index in [-0.39, 0.29) is 11.7 Å². The molecule has 0 aliphatic heterocycles. The van der Waals surface area contributed by atoms with E-state index in [1.54, 1.807) is 45.0 Å². The molecule has 7 heteroatoms. The summed E-state index contributed by atoms with van der Waals surface area (Å²) in [7, 11) is 0. The van der Waals surface area contributed by atoms with E-state index < -0.39 is 11.9 Å². The van der Waals surface area contributed by atoms with Crippen LogP contribution in [0, 0.1) is 18.3 Å². The van der Waals surface area contributed by atoms with Crippen molar-refractivity contribution < 1.29 is 14.3 Å². The molecule has 134 valence electrons. The van der Waals surface area contributed by atoms with Crippen molar-refractivity contribution in [3.63, 3.8) is 0 Å². The van der Waals surface area contributed by atoms with Gasteiger partial charge in [-0.1, -0.05) is 23.7 Å². The van der Waals surface area contributed by atoms with Gasteiger partial charge in [0.2, 0.25) is 5.91 Å². The zero-order chi connectivity index (χ0) is 19.3. The van der Waals surface area contributed by atoms with Crippen LogP contribution >= 0.6 is 22.9 Å². The lowest BCUT2D eigenvalue weighted by atomic mass is 10.1. The number of anilines is 1. The molecule has 2 aromatic rings. The van der Waals surface area contributed by atoms with E-state index in [1.807, 2.05) is 12.1 Å². The number of hydrogen-bond donors (Lipinski definition) is 1. The van der Waals surface area contributed by atoms with Gasteiger partial charge in [-0.15, -0.1) is 11.3 Å². The lowest BCUT2D eigenvalue weighted by Crippen LogP contribution is -2.11. The van der Waals surface area contributed by atoms with Crippen molar-refractivity contribution in [3.05, 3.63) is 56.9 Å². The maximum atomic E-state index is 12.2. The van der Waals surface area contributed by atoms with Gasteiger partial charge in [0.15, 0.2) is 0 Å². The number of nitrogens with zero attached hydrogens (tertiary/aromatic N) is 1. The Morgan fingerprint density at radius 1 is 1.38 bits per heavy atom. The maximum absolute atomic E-state index is 12.2. The Morgan fingerprint density at radius 2 is 2.12 bits per heavy atom. The molecule has 1 N–H and O–H groups in total. The van der Waals surface area contributed by atoms with Crippen molar-refractivity contribution >= 4 is 45.9 Å². The first-order valence-electron chi connectivity index (χ1n) is 7.81. The number of hydrogen-bond acceptors (Lipinski definition) is 5. The van der Waals surface area contributed by atoms with Gasteiger partial charge in [-0.25, -0.2) is 4.79 Å². The summed E-state index contributed by atoms with van der Waals surface area (Å²) in [5.41, 5.74) is 1.53. The highest BCUT2D eigenvalue weighted by atomic mass is 35.5. The van der Waals surface area contributed by atoms with E-state index in [0.717, 1.165) is 16.9 Å². The molecule has 0 bridgehead atoms. The summed E-state index contributed by atoms with van der Waals surface area (Å²) < 4.78 is 5.17. The summed E-state index contributed by atoms with van der Waals surface area (Å²) in [5, 5.41) is 12.9. The molecule has 1 aromatic heterocycles. The first kappa shape index (κ1) is 19.7. The van der Waals surface area contributed by atoms with Crippen molar-refractivity contribution in [2.24, 2.45) is 0 Å². The van der Waals surface area contributed by atoms with Gasteiger partial charge in [0.1, 0.15) is 15.9 Å². The number of amides is 1. The molecule has 0 saturated heterocycles. The Labute approximate surface area is 160 Å². The molecule has 0 aliphatic rings. The van der Waals surface area contributed by atoms with E-state index >= 15 is 0 Å². The zero-order valence-electron chi connectivity index (χ0n) is 14.5. The van der Waals surface area contributed by atoms with Crippen LogP contribution in [-0.2, 0) is 9.53 Å². The van der Waals surface area contributed by atoms with Gasteiger partial charge in [-0.2, -0.15) is 5.26 Å². The molecule has 1 heterocycles. The Kier molecular flexibility index (Phi) is 6.56. The summed E-state index contributed by atoms with van der Waals surface area (Å²) in [5.74, 6) is -0.916. The highest BCUT2D eigenvalue weighted by molar-refractivity contribution is 7.18. The van der Waals surface area contributed by atoms with E-state index in [0.29, 0.717) is 20.5 Å². The number of esters is 1. The number of halogens is 1. The van der Waals surface area contributed by atoms with Crippen LogP contribution in [0.3, 0.4) is 0 Å². The molecule has 0 saturated carbocycles. The summed E-state index contributed by atoms with van der Waals surface area (Å²) in [6.45, 7) is 5.15. The third kappa shape index (κ3) is 4.94. The van der Waals surface area contributed by atoms with Crippen LogP contribution in [0.4, 0.5) is 5.00 Å². The van der Waals surface area contributed by atoms with Crippen molar-refractivity contribution in [1.82, 2.24) is 0 Å². The topological polar surface area (TPSA) is 79.2 Å². The molecule has 0 fully saturated rings. The molecule has 1 aromatic carbocycles. The van der Waals surface area contributed by atoms with Crippen LogP contribution in [-0.4, -0.2) is 18.0 Å². The molecule has 0 unspecified atom stereocenters. The Balaban J connectivity index is 2.19.